The summed E-state index contributed by atoms with van der Waals surface area (Å²) in [7, 11) is 0. The van der Waals surface area contributed by atoms with Gasteiger partial charge in [-0.2, -0.15) is 0 Å². The molecule has 0 radical (unpaired) electrons. The Morgan fingerprint density at radius 3 is 2.38 bits per heavy atom. The fourth-order valence-corrected chi connectivity index (χ4v) is 5.50. The summed E-state index contributed by atoms with van der Waals surface area (Å²) >= 11 is 0. The van der Waals surface area contributed by atoms with E-state index in [1.54, 1.807) is 4.90 Å². The first-order valence-corrected chi connectivity index (χ1v) is 11.6. The van der Waals surface area contributed by atoms with Gasteiger partial charge in [-0.1, -0.05) is 52.2 Å². The summed E-state index contributed by atoms with van der Waals surface area (Å²) in [5, 5.41) is 11.6. The van der Waals surface area contributed by atoms with E-state index >= 15 is 0 Å². The number of alkyl halides is 3. The van der Waals surface area contributed by atoms with Crippen molar-refractivity contribution in [2.24, 2.45) is 11.1 Å². The monoisotopic (exact) mass is 486 g/mol. The molecule has 34 heavy (non-hydrogen) atoms. The van der Waals surface area contributed by atoms with E-state index in [1.807, 2.05) is 20.8 Å². The number of benzene rings is 1. The zero-order valence-electron chi connectivity index (χ0n) is 19.7. The van der Waals surface area contributed by atoms with Crippen LogP contribution in [0.4, 0.5) is 18.0 Å². The highest BCUT2D eigenvalue weighted by Crippen LogP contribution is 2.44. The molecule has 190 valence electrons. The molecule has 10 heteroatoms. The van der Waals surface area contributed by atoms with Crippen LogP contribution >= 0.6 is 0 Å². The lowest BCUT2D eigenvalue weighted by molar-refractivity contribution is -0.274. The zero-order chi connectivity index (χ0) is 25.3. The predicted molar refractivity (Wildman–Crippen MR) is 118 cm³/mol. The molecule has 1 aliphatic heterocycles. The number of hydrogen-bond donors (Lipinski definition) is 2. The van der Waals surface area contributed by atoms with Gasteiger partial charge in [0.05, 0.1) is 17.6 Å². The smallest absolute Gasteiger partial charge is 0.444 e. The van der Waals surface area contributed by atoms with Gasteiger partial charge in [-0.25, -0.2) is 4.79 Å². The third kappa shape index (κ3) is 5.95. The number of likely N-dealkylation sites (tertiary alicyclic amines) is 1. The van der Waals surface area contributed by atoms with Crippen LogP contribution < -0.4 is 10.5 Å². The van der Waals surface area contributed by atoms with Crippen molar-refractivity contribution >= 4 is 12.0 Å². The molecule has 7 nitrogen and oxygen atoms in total. The Balaban J connectivity index is 2.03. The van der Waals surface area contributed by atoms with Gasteiger partial charge in [-0.15, -0.1) is 13.2 Å². The van der Waals surface area contributed by atoms with E-state index in [0.717, 1.165) is 12.5 Å². The number of amides is 2. The Hall–Kier alpha value is -2.49. The second-order valence-corrected chi connectivity index (χ2v) is 10.3. The second kappa shape index (κ2) is 9.64. The van der Waals surface area contributed by atoms with Crippen LogP contribution in [-0.2, 0) is 9.53 Å². The van der Waals surface area contributed by atoms with Crippen LogP contribution in [0.15, 0.2) is 24.3 Å². The Bertz CT molecular complexity index is 893. The molecule has 2 amide bonds. The third-order valence-corrected chi connectivity index (χ3v) is 6.71. The number of aliphatic hydroxyl groups is 1. The molecule has 2 aliphatic rings. The van der Waals surface area contributed by atoms with Crippen LogP contribution in [0.2, 0.25) is 0 Å². The fraction of sp³-hybridized carbons (Fsp3) is 0.667. The molecule has 1 heterocycles. The van der Waals surface area contributed by atoms with Gasteiger partial charge >= 0.3 is 12.5 Å². The molecule has 0 bridgehead atoms. The topological polar surface area (TPSA) is 102 Å². The first kappa shape index (κ1) is 26.1. The lowest BCUT2D eigenvalue weighted by Crippen LogP contribution is -2.54. The molecule has 1 aromatic carbocycles. The SMILES string of the molecule is CC(C)(C)C1[C@@H](OC(N)=O)CCN1C(=O)C(c1cccc(OC(F)(F)F)c1)C1(O)CCCCC1. The van der Waals surface area contributed by atoms with Gasteiger partial charge in [0.25, 0.3) is 0 Å². The van der Waals surface area contributed by atoms with Crippen LogP contribution in [0.25, 0.3) is 0 Å². The highest BCUT2D eigenvalue weighted by atomic mass is 19.4. The number of hydrogen-bond acceptors (Lipinski definition) is 5. The Morgan fingerprint density at radius 1 is 1.18 bits per heavy atom. The first-order valence-electron chi connectivity index (χ1n) is 11.6. The van der Waals surface area contributed by atoms with Crippen molar-refractivity contribution in [1.82, 2.24) is 4.90 Å². The first-order chi connectivity index (χ1) is 15.7. The minimum Gasteiger partial charge on any atom is -0.444 e. The summed E-state index contributed by atoms with van der Waals surface area (Å²) in [5.41, 5.74) is 3.59. The molecule has 1 aromatic rings. The Morgan fingerprint density at radius 2 is 1.82 bits per heavy atom. The molecule has 1 aliphatic carbocycles. The van der Waals surface area contributed by atoms with E-state index in [4.69, 9.17) is 10.5 Å². The van der Waals surface area contributed by atoms with Crippen molar-refractivity contribution in [1.29, 1.82) is 0 Å². The molecular formula is C24H33F3N2O5. The average Bonchev–Trinajstić information content (AvgIpc) is 3.11. The number of nitrogens with two attached hydrogens (primary N) is 1. The van der Waals surface area contributed by atoms with Crippen molar-refractivity contribution in [2.45, 2.75) is 89.3 Å². The summed E-state index contributed by atoms with van der Waals surface area (Å²) < 4.78 is 47.9. The summed E-state index contributed by atoms with van der Waals surface area (Å²) in [5.74, 6) is -1.96. The third-order valence-electron chi connectivity index (χ3n) is 6.71. The quantitative estimate of drug-likeness (QED) is 0.639. The molecular weight excluding hydrogens is 453 g/mol. The van der Waals surface area contributed by atoms with Gasteiger partial charge in [0.2, 0.25) is 5.91 Å². The van der Waals surface area contributed by atoms with Crippen molar-refractivity contribution < 1.29 is 37.3 Å². The van der Waals surface area contributed by atoms with Crippen LogP contribution in [0.3, 0.4) is 0 Å². The highest BCUT2D eigenvalue weighted by Gasteiger charge is 2.51. The summed E-state index contributed by atoms with van der Waals surface area (Å²) in [6.45, 7) is 5.98. The van der Waals surface area contributed by atoms with Crippen LogP contribution in [-0.4, -0.2) is 52.7 Å². The van der Waals surface area contributed by atoms with Crippen molar-refractivity contribution in [3.63, 3.8) is 0 Å². The molecule has 3 N–H and O–H groups in total. The minimum absolute atomic E-state index is 0.253. The van der Waals surface area contributed by atoms with Crippen LogP contribution in [0.5, 0.6) is 5.75 Å². The summed E-state index contributed by atoms with van der Waals surface area (Å²) in [6, 6.07) is 4.73. The second-order valence-electron chi connectivity index (χ2n) is 10.3. The van der Waals surface area contributed by atoms with Gasteiger partial charge < -0.3 is 25.2 Å². The molecule has 3 atom stereocenters. The lowest BCUT2D eigenvalue weighted by atomic mass is 9.71. The van der Waals surface area contributed by atoms with Crippen LogP contribution in [0, 0.1) is 5.41 Å². The van der Waals surface area contributed by atoms with Gasteiger partial charge in [-0.3, -0.25) is 4.79 Å². The molecule has 1 saturated heterocycles. The zero-order valence-corrected chi connectivity index (χ0v) is 19.7. The Kier molecular flexibility index (Phi) is 7.40. The van der Waals surface area contributed by atoms with E-state index < -0.39 is 53.2 Å². The van der Waals surface area contributed by atoms with E-state index in [1.165, 1.54) is 18.2 Å². The van der Waals surface area contributed by atoms with E-state index in [0.29, 0.717) is 32.1 Å². The van der Waals surface area contributed by atoms with Gasteiger partial charge in [-0.05, 0) is 36.0 Å². The van der Waals surface area contributed by atoms with E-state index in [2.05, 4.69) is 4.74 Å². The summed E-state index contributed by atoms with van der Waals surface area (Å²) in [6.07, 6.45) is -3.06. The largest absolute Gasteiger partial charge is 0.573 e. The number of carbonyl (C=O) groups excluding carboxylic acids is 2. The van der Waals surface area contributed by atoms with Crippen molar-refractivity contribution in [2.75, 3.05) is 6.54 Å². The fourth-order valence-electron chi connectivity index (χ4n) is 5.50. The molecule has 2 unspecified atom stereocenters. The lowest BCUT2D eigenvalue weighted by Gasteiger charge is -2.44. The molecule has 0 aromatic heterocycles. The number of carbonyl (C=O) groups is 2. The van der Waals surface area contributed by atoms with E-state index in [9.17, 15) is 27.9 Å². The normalized spacial score (nSPS) is 23.9. The number of nitrogens with zero attached hydrogens (tertiary/aromatic N) is 1. The number of rotatable bonds is 5. The molecule has 1 saturated carbocycles. The average molecular weight is 487 g/mol. The van der Waals surface area contributed by atoms with E-state index in [-0.39, 0.29) is 12.1 Å². The maximum absolute atomic E-state index is 14.1. The van der Waals surface area contributed by atoms with Gasteiger partial charge in [0.15, 0.2) is 0 Å². The maximum atomic E-state index is 14.1. The molecule has 2 fully saturated rings. The number of halogens is 3. The molecule has 0 spiro atoms. The minimum atomic E-state index is -4.88. The number of primary amides is 1. The Labute approximate surface area is 197 Å². The predicted octanol–water partition coefficient (Wildman–Crippen LogP) is 4.47. The number of ether oxygens (including phenoxy) is 2. The van der Waals surface area contributed by atoms with Crippen molar-refractivity contribution in [3.05, 3.63) is 29.8 Å². The van der Waals surface area contributed by atoms with Crippen LogP contribution in [0.1, 0.15) is 70.8 Å². The molecule has 3 rings (SSSR count). The van der Waals surface area contributed by atoms with Gasteiger partial charge in [0.1, 0.15) is 11.9 Å². The summed E-state index contributed by atoms with van der Waals surface area (Å²) in [4.78, 5) is 27.1. The van der Waals surface area contributed by atoms with Crippen molar-refractivity contribution in [3.8, 4) is 5.75 Å². The van der Waals surface area contributed by atoms with Gasteiger partial charge in [0, 0.05) is 13.0 Å². The highest BCUT2D eigenvalue weighted by molar-refractivity contribution is 5.86. The maximum Gasteiger partial charge on any atom is 0.573 e. The standard InChI is InChI=1S/C24H33F3N2O5/c1-22(2,3)19-17(33-21(28)31)10-13-29(19)20(30)18(23(32)11-5-4-6-12-23)15-8-7-9-16(14-15)34-24(25,26)27/h7-9,14,17-19,32H,4-6,10-13H2,1-3H3,(H2,28,31)/t17-,18?,19?/m0/s1.